The number of nitrogens with one attached hydrogen (secondary N) is 1. The van der Waals surface area contributed by atoms with Crippen LogP contribution in [0.25, 0.3) is 6.08 Å². The number of benzene rings is 2. The van der Waals surface area contributed by atoms with E-state index < -0.39 is 5.78 Å². The first-order valence-electron chi connectivity index (χ1n) is 8.36. The van der Waals surface area contributed by atoms with Crippen LogP contribution in [0.1, 0.15) is 32.0 Å². The predicted octanol–water partition coefficient (Wildman–Crippen LogP) is 5.28. The molecule has 3 aromatic rings. The summed E-state index contributed by atoms with van der Waals surface area (Å²) < 4.78 is 5.13. The van der Waals surface area contributed by atoms with Crippen molar-refractivity contribution in [2.45, 2.75) is 6.92 Å². The van der Waals surface area contributed by atoms with E-state index in [0.29, 0.717) is 33.2 Å². The van der Waals surface area contributed by atoms with Crippen LogP contribution in [0.5, 0.6) is 0 Å². The number of rotatable bonds is 5. The van der Waals surface area contributed by atoms with Gasteiger partial charge in [-0.1, -0.05) is 35.9 Å². The van der Waals surface area contributed by atoms with Gasteiger partial charge >= 0.3 is 0 Å². The van der Waals surface area contributed by atoms with E-state index in [1.165, 1.54) is 18.4 Å². The Labute approximate surface area is 166 Å². The van der Waals surface area contributed by atoms with E-state index in [-0.39, 0.29) is 11.5 Å². The number of carbonyl (C=O) groups excluding carboxylic acids is 2. The maximum absolute atomic E-state index is 12.5. The number of anilines is 1. The first kappa shape index (κ1) is 19.2. The van der Waals surface area contributed by atoms with E-state index in [2.05, 4.69) is 5.32 Å². The van der Waals surface area contributed by atoms with Crippen LogP contribution < -0.4 is 5.32 Å². The van der Waals surface area contributed by atoms with Gasteiger partial charge in [-0.15, -0.1) is 0 Å². The molecule has 2 aromatic carbocycles. The summed E-state index contributed by atoms with van der Waals surface area (Å²) >= 11 is 6.05. The van der Waals surface area contributed by atoms with Gasteiger partial charge in [-0.3, -0.25) is 9.59 Å². The lowest BCUT2D eigenvalue weighted by Crippen LogP contribution is -2.12. The first-order chi connectivity index (χ1) is 13.5. The Morgan fingerprint density at radius 1 is 1.11 bits per heavy atom. The molecule has 6 heteroatoms. The van der Waals surface area contributed by atoms with Gasteiger partial charge in [0.05, 0.1) is 22.4 Å². The van der Waals surface area contributed by atoms with Gasteiger partial charge in [0.2, 0.25) is 5.78 Å². The number of halogens is 1. The average molecular weight is 391 g/mol. The minimum atomic E-state index is -0.417. The Hall–Kier alpha value is -3.62. The number of hydrogen-bond acceptors (Lipinski definition) is 4. The third-order valence-electron chi connectivity index (χ3n) is 4.04. The minimum Gasteiger partial charge on any atom is -0.469 e. The molecule has 1 amide bonds. The van der Waals surface area contributed by atoms with Crippen molar-refractivity contribution in [1.82, 2.24) is 0 Å². The highest BCUT2D eigenvalue weighted by Crippen LogP contribution is 2.20. The molecule has 1 heterocycles. The molecular formula is C22H15ClN2O3. The standard InChI is InChI=1S/C22H15ClN2O3/c1-14-18(9-10-28-14)21(26)16(13-24)11-15-5-4-6-17(12-15)25-22(27)19-7-2-3-8-20(19)23/h2-12H,1H3,(H,25,27)/b16-11+. The number of amides is 1. The van der Waals surface area contributed by atoms with Crippen LogP contribution in [-0.2, 0) is 0 Å². The number of Topliss-reactive ketones (excluding diaryl/α,β-unsaturated/α-hetero) is 1. The van der Waals surface area contributed by atoms with E-state index in [1.807, 2.05) is 6.07 Å². The van der Waals surface area contributed by atoms with E-state index >= 15 is 0 Å². The molecule has 0 aliphatic carbocycles. The van der Waals surface area contributed by atoms with Crippen molar-refractivity contribution in [1.29, 1.82) is 5.26 Å². The molecule has 0 radical (unpaired) electrons. The molecule has 0 fully saturated rings. The molecule has 5 nitrogen and oxygen atoms in total. The smallest absolute Gasteiger partial charge is 0.257 e. The van der Waals surface area contributed by atoms with E-state index in [1.54, 1.807) is 55.5 Å². The molecule has 0 aliphatic rings. The van der Waals surface area contributed by atoms with E-state index in [4.69, 9.17) is 16.0 Å². The Morgan fingerprint density at radius 2 is 1.89 bits per heavy atom. The number of ketones is 1. The molecule has 0 bridgehead atoms. The highest BCUT2D eigenvalue weighted by molar-refractivity contribution is 6.34. The summed E-state index contributed by atoms with van der Waals surface area (Å²) in [5, 5.41) is 12.5. The fourth-order valence-corrected chi connectivity index (χ4v) is 2.85. The van der Waals surface area contributed by atoms with Crippen LogP contribution in [0.4, 0.5) is 5.69 Å². The van der Waals surface area contributed by atoms with Gasteiger partial charge in [-0.2, -0.15) is 5.26 Å². The highest BCUT2D eigenvalue weighted by Gasteiger charge is 2.16. The number of nitrogens with zero attached hydrogens (tertiary/aromatic N) is 1. The number of allylic oxidation sites excluding steroid dienone is 1. The SMILES string of the molecule is Cc1occc1C(=O)/C(C#N)=C/c1cccc(NC(=O)c2ccccc2Cl)c1. The minimum absolute atomic E-state index is 0.0286. The maximum Gasteiger partial charge on any atom is 0.257 e. The Morgan fingerprint density at radius 3 is 2.57 bits per heavy atom. The summed E-state index contributed by atoms with van der Waals surface area (Å²) in [5.41, 5.74) is 1.79. The monoisotopic (exact) mass is 390 g/mol. The molecule has 0 saturated heterocycles. The third kappa shape index (κ3) is 4.20. The summed E-state index contributed by atoms with van der Waals surface area (Å²) in [6.07, 6.45) is 2.88. The zero-order valence-electron chi connectivity index (χ0n) is 14.9. The molecule has 138 valence electrons. The molecular weight excluding hydrogens is 376 g/mol. The van der Waals surface area contributed by atoms with Crippen molar-refractivity contribution in [3.05, 3.63) is 93.9 Å². The third-order valence-corrected chi connectivity index (χ3v) is 4.37. The summed E-state index contributed by atoms with van der Waals surface area (Å²) in [5.74, 6) is -0.316. The van der Waals surface area contributed by atoms with Crippen molar-refractivity contribution < 1.29 is 14.0 Å². The van der Waals surface area contributed by atoms with Crippen LogP contribution in [0, 0.1) is 18.3 Å². The van der Waals surface area contributed by atoms with Gasteiger partial charge in [0.1, 0.15) is 17.4 Å². The van der Waals surface area contributed by atoms with Crippen LogP contribution in [0.2, 0.25) is 5.02 Å². The Kier molecular flexibility index (Phi) is 5.73. The number of furan rings is 1. The van der Waals surface area contributed by atoms with Gasteiger partial charge < -0.3 is 9.73 Å². The quantitative estimate of drug-likeness (QED) is 0.365. The van der Waals surface area contributed by atoms with Crippen LogP contribution in [0.15, 0.2) is 70.9 Å². The molecule has 0 saturated carbocycles. The molecule has 0 spiro atoms. The van der Waals surface area contributed by atoms with Crippen LogP contribution in [-0.4, -0.2) is 11.7 Å². The molecule has 28 heavy (non-hydrogen) atoms. The van der Waals surface area contributed by atoms with Crippen molar-refractivity contribution in [3.63, 3.8) is 0 Å². The largest absolute Gasteiger partial charge is 0.469 e. The van der Waals surface area contributed by atoms with Crippen molar-refractivity contribution >= 4 is 35.1 Å². The lowest BCUT2D eigenvalue weighted by molar-refractivity contribution is 0.102. The normalized spacial score (nSPS) is 11.0. The molecule has 0 unspecified atom stereocenters. The van der Waals surface area contributed by atoms with Crippen molar-refractivity contribution in [2.75, 3.05) is 5.32 Å². The van der Waals surface area contributed by atoms with Crippen molar-refractivity contribution in [2.24, 2.45) is 0 Å². The van der Waals surface area contributed by atoms with Gasteiger partial charge in [-0.25, -0.2) is 0 Å². The molecule has 0 atom stereocenters. The van der Waals surface area contributed by atoms with Crippen LogP contribution >= 0.6 is 11.6 Å². The topological polar surface area (TPSA) is 83.1 Å². The Bertz CT molecular complexity index is 1120. The summed E-state index contributed by atoms with van der Waals surface area (Å²) in [4.78, 5) is 24.9. The number of carbonyl (C=O) groups is 2. The van der Waals surface area contributed by atoms with E-state index in [0.717, 1.165) is 0 Å². The summed E-state index contributed by atoms with van der Waals surface area (Å²) in [6.45, 7) is 1.66. The zero-order chi connectivity index (χ0) is 20.1. The summed E-state index contributed by atoms with van der Waals surface area (Å²) in [7, 11) is 0. The highest BCUT2D eigenvalue weighted by atomic mass is 35.5. The zero-order valence-corrected chi connectivity index (χ0v) is 15.7. The van der Waals surface area contributed by atoms with Gasteiger partial charge in [0, 0.05) is 5.69 Å². The second-order valence-electron chi connectivity index (χ2n) is 5.95. The Balaban J connectivity index is 1.84. The maximum atomic E-state index is 12.5. The summed E-state index contributed by atoms with van der Waals surface area (Å²) in [6, 6.07) is 17.0. The fourth-order valence-electron chi connectivity index (χ4n) is 2.63. The molecule has 3 rings (SSSR count). The van der Waals surface area contributed by atoms with Gasteiger partial charge in [0.15, 0.2) is 0 Å². The second kappa shape index (κ2) is 8.38. The molecule has 1 aromatic heterocycles. The van der Waals surface area contributed by atoms with Crippen LogP contribution in [0.3, 0.4) is 0 Å². The fraction of sp³-hybridized carbons (Fsp3) is 0.0455. The van der Waals surface area contributed by atoms with E-state index in [9.17, 15) is 14.9 Å². The van der Waals surface area contributed by atoms with Gasteiger partial charge in [-0.05, 0) is 48.9 Å². The lowest BCUT2D eigenvalue weighted by Gasteiger charge is -2.07. The number of hydrogen-bond donors (Lipinski definition) is 1. The lowest BCUT2D eigenvalue weighted by atomic mass is 10.0. The average Bonchev–Trinajstić information content (AvgIpc) is 3.12. The second-order valence-corrected chi connectivity index (χ2v) is 6.36. The first-order valence-corrected chi connectivity index (χ1v) is 8.74. The molecule has 1 N–H and O–H groups in total. The van der Waals surface area contributed by atoms with Crippen molar-refractivity contribution in [3.8, 4) is 6.07 Å². The number of aryl methyl sites for hydroxylation is 1. The number of nitriles is 1. The van der Waals surface area contributed by atoms with Gasteiger partial charge in [0.25, 0.3) is 5.91 Å². The predicted molar refractivity (Wildman–Crippen MR) is 107 cm³/mol. The molecule has 0 aliphatic heterocycles.